The molecular formula is C17H19N3O3. The third kappa shape index (κ3) is 4.00. The Morgan fingerprint density at radius 2 is 1.74 bits per heavy atom. The number of anilines is 1. The molecule has 0 saturated carbocycles. The summed E-state index contributed by atoms with van der Waals surface area (Å²) in [6, 6.07) is 11.2. The molecule has 0 fully saturated rings. The molecule has 2 rings (SSSR count). The number of nitrogens with one attached hydrogen (secondary N) is 1. The summed E-state index contributed by atoms with van der Waals surface area (Å²) in [5, 5.41) is 23.2. The first-order valence-corrected chi connectivity index (χ1v) is 7.03. The van der Waals surface area contributed by atoms with Crippen LogP contribution in [0, 0.1) is 0 Å². The molecule has 0 bridgehead atoms. The standard InChI is InChI=1S/C17H19N3O3/c1-11(15-10-14(21)8-9-16(15)22)18-19-17(23)12-4-6-13(7-5-12)20(2)3/h4-10,21-22H,1-3H3,(H,19,23)/b18-11-. The lowest BCUT2D eigenvalue weighted by molar-refractivity contribution is 0.0955. The number of amides is 1. The molecule has 120 valence electrons. The van der Waals surface area contributed by atoms with Crippen molar-refractivity contribution in [3.05, 3.63) is 53.6 Å². The predicted octanol–water partition coefficient (Wildman–Crippen LogP) is 2.32. The molecular weight excluding hydrogens is 294 g/mol. The van der Waals surface area contributed by atoms with Crippen molar-refractivity contribution in [2.24, 2.45) is 5.10 Å². The van der Waals surface area contributed by atoms with E-state index in [2.05, 4.69) is 10.5 Å². The monoisotopic (exact) mass is 313 g/mol. The Hall–Kier alpha value is -3.02. The van der Waals surface area contributed by atoms with Gasteiger partial charge in [0.1, 0.15) is 11.5 Å². The molecule has 0 atom stereocenters. The number of carbonyl (C=O) groups excluding carboxylic acids is 1. The van der Waals surface area contributed by atoms with E-state index in [0.717, 1.165) is 5.69 Å². The maximum atomic E-state index is 12.1. The Balaban J connectivity index is 2.12. The van der Waals surface area contributed by atoms with Crippen molar-refractivity contribution in [1.29, 1.82) is 0 Å². The van der Waals surface area contributed by atoms with E-state index in [1.807, 2.05) is 31.1 Å². The van der Waals surface area contributed by atoms with Crippen LogP contribution in [-0.4, -0.2) is 35.9 Å². The Kier molecular flexibility index (Phi) is 4.85. The van der Waals surface area contributed by atoms with Crippen LogP contribution in [0.4, 0.5) is 5.69 Å². The average molecular weight is 313 g/mol. The van der Waals surface area contributed by atoms with Crippen LogP contribution in [0.25, 0.3) is 0 Å². The van der Waals surface area contributed by atoms with E-state index in [-0.39, 0.29) is 17.4 Å². The van der Waals surface area contributed by atoms with Crippen molar-refractivity contribution in [2.75, 3.05) is 19.0 Å². The van der Waals surface area contributed by atoms with Gasteiger partial charge < -0.3 is 15.1 Å². The van der Waals surface area contributed by atoms with Crippen molar-refractivity contribution in [2.45, 2.75) is 6.92 Å². The minimum absolute atomic E-state index is 0.0120. The smallest absolute Gasteiger partial charge is 0.271 e. The maximum Gasteiger partial charge on any atom is 0.271 e. The van der Waals surface area contributed by atoms with Crippen LogP contribution in [0.5, 0.6) is 11.5 Å². The molecule has 0 unspecified atom stereocenters. The molecule has 0 aliphatic heterocycles. The summed E-state index contributed by atoms with van der Waals surface area (Å²) in [4.78, 5) is 14.0. The number of aromatic hydroxyl groups is 2. The summed E-state index contributed by atoms with van der Waals surface area (Å²) in [5.74, 6) is -0.360. The van der Waals surface area contributed by atoms with Crippen molar-refractivity contribution < 1.29 is 15.0 Å². The van der Waals surface area contributed by atoms with Crippen molar-refractivity contribution in [3.63, 3.8) is 0 Å². The van der Waals surface area contributed by atoms with Gasteiger partial charge >= 0.3 is 0 Å². The second-order valence-electron chi connectivity index (χ2n) is 5.28. The fourth-order valence-electron chi connectivity index (χ4n) is 1.98. The first-order valence-electron chi connectivity index (χ1n) is 7.03. The molecule has 0 saturated heterocycles. The number of nitrogens with zero attached hydrogens (tertiary/aromatic N) is 2. The molecule has 1 amide bonds. The SMILES string of the molecule is C/C(=N/NC(=O)c1ccc(N(C)C)cc1)c1cc(O)ccc1O. The Morgan fingerprint density at radius 1 is 1.09 bits per heavy atom. The number of benzene rings is 2. The van der Waals surface area contributed by atoms with Crippen LogP contribution in [-0.2, 0) is 0 Å². The first kappa shape index (κ1) is 16.4. The van der Waals surface area contributed by atoms with Crippen LogP contribution in [0.15, 0.2) is 47.6 Å². The summed E-state index contributed by atoms with van der Waals surface area (Å²) >= 11 is 0. The lowest BCUT2D eigenvalue weighted by atomic mass is 10.1. The molecule has 0 aliphatic rings. The van der Waals surface area contributed by atoms with E-state index in [1.54, 1.807) is 19.1 Å². The average Bonchev–Trinajstić information content (AvgIpc) is 2.54. The zero-order valence-electron chi connectivity index (χ0n) is 13.2. The predicted molar refractivity (Wildman–Crippen MR) is 90.2 cm³/mol. The van der Waals surface area contributed by atoms with E-state index < -0.39 is 0 Å². The van der Waals surface area contributed by atoms with Crippen molar-refractivity contribution >= 4 is 17.3 Å². The van der Waals surface area contributed by atoms with Gasteiger partial charge in [-0.1, -0.05) is 0 Å². The lowest BCUT2D eigenvalue weighted by Gasteiger charge is -2.12. The quantitative estimate of drug-likeness (QED) is 0.459. The summed E-state index contributed by atoms with van der Waals surface area (Å²) in [5.41, 5.74) is 4.65. The highest BCUT2D eigenvalue weighted by atomic mass is 16.3. The van der Waals surface area contributed by atoms with Crippen LogP contribution >= 0.6 is 0 Å². The molecule has 0 spiro atoms. The minimum atomic E-state index is -0.353. The zero-order chi connectivity index (χ0) is 17.0. The number of carbonyl (C=O) groups is 1. The molecule has 6 nitrogen and oxygen atoms in total. The number of hydrazone groups is 1. The summed E-state index contributed by atoms with van der Waals surface area (Å²) in [7, 11) is 3.84. The normalized spacial score (nSPS) is 11.2. The fraction of sp³-hybridized carbons (Fsp3) is 0.176. The van der Waals surface area contributed by atoms with Crippen LogP contribution in [0.1, 0.15) is 22.8 Å². The van der Waals surface area contributed by atoms with Gasteiger partial charge in [-0.15, -0.1) is 0 Å². The number of phenols is 2. The second-order valence-corrected chi connectivity index (χ2v) is 5.28. The second kappa shape index (κ2) is 6.83. The third-order valence-corrected chi connectivity index (χ3v) is 3.34. The van der Waals surface area contributed by atoms with Gasteiger partial charge in [0, 0.05) is 30.9 Å². The topological polar surface area (TPSA) is 85.2 Å². The molecule has 0 heterocycles. The van der Waals surface area contributed by atoms with Crippen LogP contribution in [0.2, 0.25) is 0 Å². The van der Waals surface area contributed by atoms with E-state index in [9.17, 15) is 15.0 Å². The van der Waals surface area contributed by atoms with Crippen molar-refractivity contribution in [1.82, 2.24) is 5.43 Å². The number of rotatable bonds is 4. The first-order chi connectivity index (χ1) is 10.9. The van der Waals surface area contributed by atoms with Gasteiger partial charge in [-0.2, -0.15) is 5.10 Å². The van der Waals surface area contributed by atoms with E-state index in [4.69, 9.17) is 0 Å². The lowest BCUT2D eigenvalue weighted by Crippen LogP contribution is -2.19. The van der Waals surface area contributed by atoms with E-state index >= 15 is 0 Å². The molecule has 0 radical (unpaired) electrons. The third-order valence-electron chi connectivity index (χ3n) is 3.34. The van der Waals surface area contributed by atoms with E-state index in [0.29, 0.717) is 16.8 Å². The Morgan fingerprint density at radius 3 is 2.35 bits per heavy atom. The van der Waals surface area contributed by atoms with Gasteiger partial charge in [0.25, 0.3) is 5.91 Å². The van der Waals surface area contributed by atoms with Crippen molar-refractivity contribution in [3.8, 4) is 11.5 Å². The summed E-state index contributed by atoms with van der Waals surface area (Å²) in [6.45, 7) is 1.63. The highest BCUT2D eigenvalue weighted by molar-refractivity contribution is 6.02. The number of hydrogen-bond acceptors (Lipinski definition) is 5. The number of phenolic OH excluding ortho intramolecular Hbond substituents is 2. The van der Waals surface area contributed by atoms with Crippen LogP contribution in [0.3, 0.4) is 0 Å². The molecule has 23 heavy (non-hydrogen) atoms. The summed E-state index contributed by atoms with van der Waals surface area (Å²) in [6.07, 6.45) is 0. The van der Waals surface area contributed by atoms with Gasteiger partial charge in [-0.05, 0) is 49.4 Å². The zero-order valence-corrected chi connectivity index (χ0v) is 13.2. The molecule has 6 heteroatoms. The van der Waals surface area contributed by atoms with Gasteiger partial charge in [0.15, 0.2) is 0 Å². The van der Waals surface area contributed by atoms with Crippen LogP contribution < -0.4 is 10.3 Å². The molecule has 2 aromatic carbocycles. The number of hydrogen-bond donors (Lipinski definition) is 3. The van der Waals surface area contributed by atoms with Gasteiger partial charge in [-0.3, -0.25) is 4.79 Å². The van der Waals surface area contributed by atoms with Gasteiger partial charge in [0.2, 0.25) is 0 Å². The summed E-state index contributed by atoms with van der Waals surface area (Å²) < 4.78 is 0. The Bertz CT molecular complexity index is 737. The Labute approximate surface area is 134 Å². The van der Waals surface area contributed by atoms with E-state index in [1.165, 1.54) is 18.2 Å². The molecule has 2 aromatic rings. The highest BCUT2D eigenvalue weighted by Gasteiger charge is 2.08. The van der Waals surface area contributed by atoms with Gasteiger partial charge in [0.05, 0.1) is 5.71 Å². The molecule has 0 aliphatic carbocycles. The molecule has 0 aromatic heterocycles. The molecule has 3 N–H and O–H groups in total. The fourth-order valence-corrected chi connectivity index (χ4v) is 1.98. The highest BCUT2D eigenvalue weighted by Crippen LogP contribution is 2.22. The minimum Gasteiger partial charge on any atom is -0.508 e. The van der Waals surface area contributed by atoms with Gasteiger partial charge in [-0.25, -0.2) is 5.43 Å². The maximum absolute atomic E-state index is 12.1. The largest absolute Gasteiger partial charge is 0.508 e.